The Bertz CT molecular complexity index is 588. The van der Waals surface area contributed by atoms with Gasteiger partial charge in [0.05, 0.1) is 23.8 Å². The summed E-state index contributed by atoms with van der Waals surface area (Å²) < 4.78 is 24.7. The van der Waals surface area contributed by atoms with E-state index in [1.54, 1.807) is 17.0 Å². The smallest absolute Gasteiger partial charge is 0.410 e. The Balaban J connectivity index is 1.94. The van der Waals surface area contributed by atoms with Crippen molar-refractivity contribution >= 4 is 17.7 Å². The number of carbonyl (C=O) groups excluding carboxylic acids is 1. The number of halogens is 2. The van der Waals surface area contributed by atoms with Crippen molar-refractivity contribution in [2.75, 3.05) is 13.1 Å². The SMILES string of the molecule is CC(C)(C)OC(=O)N1CCC(C)(OCc2cccc(F)c2Cl)C1. The highest BCUT2D eigenvalue weighted by Crippen LogP contribution is 2.29. The molecule has 1 unspecified atom stereocenters. The first-order valence-electron chi connectivity index (χ1n) is 7.64. The van der Waals surface area contributed by atoms with Gasteiger partial charge in [0.1, 0.15) is 11.4 Å². The van der Waals surface area contributed by atoms with E-state index in [1.807, 2.05) is 27.7 Å². The second kappa shape index (κ2) is 6.65. The third-order valence-electron chi connectivity index (χ3n) is 3.70. The van der Waals surface area contributed by atoms with Crippen LogP contribution in [0.3, 0.4) is 0 Å². The molecule has 1 atom stereocenters. The summed E-state index contributed by atoms with van der Waals surface area (Å²) in [4.78, 5) is 13.7. The highest BCUT2D eigenvalue weighted by atomic mass is 35.5. The largest absolute Gasteiger partial charge is 0.444 e. The number of nitrogens with zero attached hydrogens (tertiary/aromatic N) is 1. The molecule has 2 rings (SSSR count). The molecule has 1 heterocycles. The van der Waals surface area contributed by atoms with E-state index in [0.29, 0.717) is 25.1 Å². The molecule has 0 N–H and O–H groups in total. The summed E-state index contributed by atoms with van der Waals surface area (Å²) in [7, 11) is 0. The quantitative estimate of drug-likeness (QED) is 0.816. The summed E-state index contributed by atoms with van der Waals surface area (Å²) >= 11 is 5.94. The summed E-state index contributed by atoms with van der Waals surface area (Å²) in [5, 5.41) is 0.0816. The normalized spacial score (nSPS) is 21.6. The number of rotatable bonds is 3. The van der Waals surface area contributed by atoms with Gasteiger partial charge in [-0.2, -0.15) is 0 Å². The van der Waals surface area contributed by atoms with Gasteiger partial charge in [0.25, 0.3) is 0 Å². The number of hydrogen-bond donors (Lipinski definition) is 0. The van der Waals surface area contributed by atoms with E-state index in [1.165, 1.54) is 6.07 Å². The van der Waals surface area contributed by atoms with Crippen molar-refractivity contribution in [1.29, 1.82) is 0 Å². The monoisotopic (exact) mass is 343 g/mol. The average Bonchev–Trinajstić information content (AvgIpc) is 2.82. The van der Waals surface area contributed by atoms with Crippen LogP contribution in [-0.2, 0) is 16.1 Å². The molecule has 1 amide bonds. The fourth-order valence-electron chi connectivity index (χ4n) is 2.45. The van der Waals surface area contributed by atoms with Gasteiger partial charge in [0.15, 0.2) is 0 Å². The zero-order valence-corrected chi connectivity index (χ0v) is 14.7. The fraction of sp³-hybridized carbons (Fsp3) is 0.588. The minimum absolute atomic E-state index is 0.0816. The van der Waals surface area contributed by atoms with E-state index >= 15 is 0 Å². The lowest BCUT2D eigenvalue weighted by atomic mass is 10.1. The van der Waals surface area contributed by atoms with Crippen molar-refractivity contribution < 1.29 is 18.7 Å². The molecule has 4 nitrogen and oxygen atoms in total. The van der Waals surface area contributed by atoms with Gasteiger partial charge >= 0.3 is 6.09 Å². The summed E-state index contributed by atoms with van der Waals surface area (Å²) in [5.41, 5.74) is -0.415. The summed E-state index contributed by atoms with van der Waals surface area (Å²) in [5.74, 6) is -0.459. The molecule has 1 aliphatic heterocycles. The van der Waals surface area contributed by atoms with Gasteiger partial charge in [-0.05, 0) is 45.7 Å². The maximum Gasteiger partial charge on any atom is 0.410 e. The van der Waals surface area contributed by atoms with E-state index in [4.69, 9.17) is 21.1 Å². The maximum atomic E-state index is 13.4. The highest BCUT2D eigenvalue weighted by Gasteiger charge is 2.38. The maximum absolute atomic E-state index is 13.4. The van der Waals surface area contributed by atoms with E-state index < -0.39 is 17.0 Å². The van der Waals surface area contributed by atoms with Crippen LogP contribution in [0.2, 0.25) is 5.02 Å². The van der Waals surface area contributed by atoms with Gasteiger partial charge in [-0.1, -0.05) is 23.7 Å². The fourth-order valence-corrected chi connectivity index (χ4v) is 2.63. The second-order valence-corrected chi connectivity index (χ2v) is 7.48. The van der Waals surface area contributed by atoms with Crippen LogP contribution in [0.15, 0.2) is 18.2 Å². The van der Waals surface area contributed by atoms with Gasteiger partial charge in [0, 0.05) is 6.54 Å². The number of carbonyl (C=O) groups is 1. The molecule has 0 saturated carbocycles. The zero-order valence-electron chi connectivity index (χ0n) is 14.0. The van der Waals surface area contributed by atoms with Crippen LogP contribution in [-0.4, -0.2) is 35.3 Å². The van der Waals surface area contributed by atoms with Gasteiger partial charge in [0.2, 0.25) is 0 Å². The molecule has 1 fully saturated rings. The lowest BCUT2D eigenvalue weighted by Crippen LogP contribution is -2.39. The molecule has 0 bridgehead atoms. The molecule has 6 heteroatoms. The second-order valence-electron chi connectivity index (χ2n) is 7.10. The molecular formula is C17H23ClFNO3. The Hall–Kier alpha value is -1.33. The first kappa shape index (κ1) is 18.0. The minimum Gasteiger partial charge on any atom is -0.444 e. The first-order chi connectivity index (χ1) is 10.6. The molecule has 0 aromatic heterocycles. The van der Waals surface area contributed by atoms with Crippen molar-refractivity contribution in [3.05, 3.63) is 34.6 Å². The van der Waals surface area contributed by atoms with Crippen LogP contribution in [0.1, 0.15) is 39.7 Å². The summed E-state index contributed by atoms with van der Waals surface area (Å²) in [6, 6.07) is 4.65. The van der Waals surface area contributed by atoms with Crippen molar-refractivity contribution in [2.24, 2.45) is 0 Å². The summed E-state index contributed by atoms with van der Waals surface area (Å²) in [6.07, 6.45) is 0.354. The van der Waals surface area contributed by atoms with Crippen LogP contribution in [0.25, 0.3) is 0 Å². The number of hydrogen-bond acceptors (Lipinski definition) is 3. The minimum atomic E-state index is -0.522. The Kier molecular flexibility index (Phi) is 5.21. The van der Waals surface area contributed by atoms with Crippen molar-refractivity contribution in [1.82, 2.24) is 4.90 Å². The molecule has 1 aromatic rings. The van der Waals surface area contributed by atoms with E-state index in [0.717, 1.165) is 0 Å². The molecule has 1 saturated heterocycles. The van der Waals surface area contributed by atoms with E-state index in [-0.39, 0.29) is 17.7 Å². The highest BCUT2D eigenvalue weighted by molar-refractivity contribution is 6.31. The van der Waals surface area contributed by atoms with E-state index in [2.05, 4.69) is 0 Å². The zero-order chi connectivity index (χ0) is 17.3. The predicted octanol–water partition coefficient (Wildman–Crippen LogP) is 4.40. The Morgan fingerprint density at radius 3 is 2.78 bits per heavy atom. The van der Waals surface area contributed by atoms with Crippen LogP contribution < -0.4 is 0 Å². The van der Waals surface area contributed by atoms with Gasteiger partial charge in [-0.15, -0.1) is 0 Å². The predicted molar refractivity (Wildman–Crippen MR) is 87.0 cm³/mol. The number of amides is 1. The Morgan fingerprint density at radius 2 is 2.13 bits per heavy atom. The molecule has 128 valence electrons. The van der Waals surface area contributed by atoms with Crippen LogP contribution in [0.5, 0.6) is 0 Å². The lowest BCUT2D eigenvalue weighted by molar-refractivity contribution is -0.0374. The lowest BCUT2D eigenvalue weighted by Gasteiger charge is -2.27. The number of likely N-dealkylation sites (tertiary alicyclic amines) is 1. The summed E-state index contributed by atoms with van der Waals surface area (Å²) in [6.45, 7) is 8.66. The molecule has 1 aliphatic rings. The average molecular weight is 344 g/mol. The standard InChI is InChI=1S/C17H23ClFNO3/c1-16(2,3)23-15(21)20-9-8-17(4,11-20)22-10-12-6-5-7-13(19)14(12)18/h5-7H,8-11H2,1-4H3. The third kappa shape index (κ3) is 4.82. The van der Waals surface area contributed by atoms with E-state index in [9.17, 15) is 9.18 Å². The molecule has 1 aromatic carbocycles. The molecule has 0 radical (unpaired) electrons. The van der Waals surface area contributed by atoms with Crippen LogP contribution >= 0.6 is 11.6 Å². The van der Waals surface area contributed by atoms with Crippen molar-refractivity contribution in [3.8, 4) is 0 Å². The van der Waals surface area contributed by atoms with Gasteiger partial charge < -0.3 is 14.4 Å². The van der Waals surface area contributed by atoms with Gasteiger partial charge in [-0.25, -0.2) is 9.18 Å². The van der Waals surface area contributed by atoms with Crippen molar-refractivity contribution in [3.63, 3.8) is 0 Å². The first-order valence-corrected chi connectivity index (χ1v) is 8.02. The number of benzene rings is 1. The molecule has 0 spiro atoms. The Morgan fingerprint density at radius 1 is 1.43 bits per heavy atom. The third-order valence-corrected chi connectivity index (χ3v) is 4.12. The van der Waals surface area contributed by atoms with Gasteiger partial charge in [-0.3, -0.25) is 0 Å². The molecular weight excluding hydrogens is 321 g/mol. The number of ether oxygens (including phenoxy) is 2. The van der Waals surface area contributed by atoms with Crippen molar-refractivity contribution in [2.45, 2.75) is 51.9 Å². The molecule has 23 heavy (non-hydrogen) atoms. The topological polar surface area (TPSA) is 38.8 Å². The van der Waals surface area contributed by atoms with Crippen LogP contribution in [0.4, 0.5) is 9.18 Å². The van der Waals surface area contributed by atoms with Crippen LogP contribution in [0, 0.1) is 5.82 Å². The molecule has 0 aliphatic carbocycles. The Labute approximate surface area is 141 Å².